The molecule has 2 aromatic rings. The molecule has 2 rings (SSSR count). The van der Waals surface area contributed by atoms with Crippen molar-refractivity contribution in [3.8, 4) is 5.88 Å². The Morgan fingerprint density at radius 1 is 1.26 bits per heavy atom. The average molecular weight is 411 g/mol. The molecule has 1 aromatic carbocycles. The summed E-state index contributed by atoms with van der Waals surface area (Å²) in [5.41, 5.74) is 1.05. The predicted octanol–water partition coefficient (Wildman–Crippen LogP) is 3.26. The van der Waals surface area contributed by atoms with E-state index in [1.165, 1.54) is 12.3 Å². The van der Waals surface area contributed by atoms with Crippen LogP contribution in [-0.4, -0.2) is 37.7 Å². The Hall–Kier alpha value is -2.12. The Balaban J connectivity index is 1.81. The Morgan fingerprint density at radius 3 is 2.59 bits per heavy atom. The fourth-order valence-electron chi connectivity index (χ4n) is 2.36. The van der Waals surface area contributed by atoms with Gasteiger partial charge in [-0.3, -0.25) is 4.79 Å². The van der Waals surface area contributed by atoms with Crippen molar-refractivity contribution in [1.29, 1.82) is 0 Å². The molecule has 0 bridgehead atoms. The molecule has 0 spiro atoms. The summed E-state index contributed by atoms with van der Waals surface area (Å²) in [6, 6.07) is 10.5. The first-order valence-electron chi connectivity index (χ1n) is 8.61. The fourth-order valence-corrected chi connectivity index (χ4v) is 4.00. The number of pyridine rings is 1. The van der Waals surface area contributed by atoms with Crippen LogP contribution in [-0.2, 0) is 15.6 Å². The molecule has 1 heterocycles. The van der Waals surface area contributed by atoms with E-state index in [0.717, 1.165) is 5.56 Å². The fraction of sp³-hybridized carbons (Fsp3) is 0.368. The lowest BCUT2D eigenvalue weighted by molar-refractivity contribution is 0.0953. The maximum atomic E-state index is 12.1. The topological polar surface area (TPSA) is 85.4 Å². The van der Waals surface area contributed by atoms with E-state index >= 15 is 0 Å². The van der Waals surface area contributed by atoms with Crippen molar-refractivity contribution in [2.24, 2.45) is 0 Å². The van der Waals surface area contributed by atoms with Gasteiger partial charge >= 0.3 is 0 Å². The van der Waals surface area contributed by atoms with Crippen LogP contribution in [0, 0.1) is 0 Å². The summed E-state index contributed by atoms with van der Waals surface area (Å²) in [5, 5.41) is 2.93. The smallest absolute Gasteiger partial charge is 0.252 e. The summed E-state index contributed by atoms with van der Waals surface area (Å²) in [4.78, 5) is 16.2. The summed E-state index contributed by atoms with van der Waals surface area (Å²) >= 11 is 6.07. The van der Waals surface area contributed by atoms with E-state index in [0.29, 0.717) is 12.0 Å². The first-order chi connectivity index (χ1) is 12.8. The summed E-state index contributed by atoms with van der Waals surface area (Å²) < 4.78 is 29.7. The summed E-state index contributed by atoms with van der Waals surface area (Å²) in [6.45, 7) is 3.95. The van der Waals surface area contributed by atoms with Crippen LogP contribution in [0.1, 0.15) is 36.2 Å². The molecule has 6 nitrogen and oxygen atoms in total. The van der Waals surface area contributed by atoms with Crippen LogP contribution >= 0.6 is 11.6 Å². The van der Waals surface area contributed by atoms with Crippen LogP contribution in [0.5, 0.6) is 5.88 Å². The van der Waals surface area contributed by atoms with Crippen molar-refractivity contribution in [3.05, 3.63) is 58.7 Å². The third-order valence-corrected chi connectivity index (χ3v) is 5.52. The molecule has 0 saturated heterocycles. The van der Waals surface area contributed by atoms with Crippen molar-refractivity contribution >= 4 is 27.3 Å². The van der Waals surface area contributed by atoms with Gasteiger partial charge in [0.25, 0.3) is 5.91 Å². The van der Waals surface area contributed by atoms with Gasteiger partial charge in [0, 0.05) is 12.7 Å². The number of aromatic nitrogens is 1. The van der Waals surface area contributed by atoms with Crippen molar-refractivity contribution in [2.75, 3.05) is 12.3 Å². The van der Waals surface area contributed by atoms with Gasteiger partial charge in [0.1, 0.15) is 5.02 Å². The largest absolute Gasteiger partial charge is 0.474 e. The first-order valence-corrected chi connectivity index (χ1v) is 10.8. The highest BCUT2D eigenvalue weighted by atomic mass is 35.5. The number of ether oxygens (including phenoxy) is 1. The molecule has 8 heteroatoms. The number of rotatable bonds is 9. The van der Waals surface area contributed by atoms with E-state index < -0.39 is 9.84 Å². The average Bonchev–Trinajstić information content (AvgIpc) is 2.60. The second-order valence-electron chi connectivity index (χ2n) is 6.36. The number of benzene rings is 1. The van der Waals surface area contributed by atoms with Crippen molar-refractivity contribution < 1.29 is 17.9 Å². The Kier molecular flexibility index (Phi) is 7.62. The number of amides is 1. The molecular formula is C19H23ClN2O4S. The molecular weight excluding hydrogens is 388 g/mol. The van der Waals surface area contributed by atoms with Crippen LogP contribution in [0.4, 0.5) is 0 Å². The lowest BCUT2D eigenvalue weighted by Crippen LogP contribution is -2.26. The molecule has 0 aliphatic heterocycles. The highest BCUT2D eigenvalue weighted by molar-refractivity contribution is 7.90. The minimum absolute atomic E-state index is 0.00136. The predicted molar refractivity (Wildman–Crippen MR) is 106 cm³/mol. The summed E-state index contributed by atoms with van der Waals surface area (Å²) in [7, 11) is -3.22. The maximum Gasteiger partial charge on any atom is 0.252 e. The molecule has 0 fully saturated rings. The molecule has 0 atom stereocenters. The van der Waals surface area contributed by atoms with Crippen LogP contribution in [0.2, 0.25) is 5.02 Å². The molecule has 146 valence electrons. The van der Waals surface area contributed by atoms with Gasteiger partial charge in [0.2, 0.25) is 5.88 Å². The molecule has 0 aliphatic carbocycles. The minimum Gasteiger partial charge on any atom is -0.474 e. The second-order valence-corrected chi connectivity index (χ2v) is 8.96. The van der Waals surface area contributed by atoms with E-state index in [-0.39, 0.29) is 41.0 Å². The monoisotopic (exact) mass is 410 g/mol. The number of hydrogen-bond acceptors (Lipinski definition) is 5. The zero-order valence-electron chi connectivity index (χ0n) is 15.3. The van der Waals surface area contributed by atoms with E-state index in [2.05, 4.69) is 10.3 Å². The molecule has 1 N–H and O–H groups in total. The third-order valence-electron chi connectivity index (χ3n) is 3.56. The van der Waals surface area contributed by atoms with E-state index in [9.17, 15) is 13.2 Å². The summed E-state index contributed by atoms with van der Waals surface area (Å²) in [5.74, 6) is -0.0859. The van der Waals surface area contributed by atoms with E-state index in [1.807, 2.05) is 32.0 Å². The number of carbonyl (C=O) groups excluding carboxylic acids is 1. The van der Waals surface area contributed by atoms with Crippen LogP contribution in [0.3, 0.4) is 0 Å². The summed E-state index contributed by atoms with van der Waals surface area (Å²) in [6.07, 6.45) is 1.63. The number of nitrogens with one attached hydrogen (secondary N) is 1. The normalized spacial score (nSPS) is 11.4. The van der Waals surface area contributed by atoms with Gasteiger partial charge < -0.3 is 10.1 Å². The molecule has 0 unspecified atom stereocenters. The molecule has 0 radical (unpaired) electrons. The van der Waals surface area contributed by atoms with Crippen LogP contribution in [0.25, 0.3) is 0 Å². The number of hydrogen-bond donors (Lipinski definition) is 1. The molecule has 0 saturated carbocycles. The van der Waals surface area contributed by atoms with Gasteiger partial charge in [-0.1, -0.05) is 41.9 Å². The number of sulfone groups is 1. The first kappa shape index (κ1) is 21.2. The van der Waals surface area contributed by atoms with E-state index in [1.54, 1.807) is 12.1 Å². The Labute approximate surface area is 164 Å². The maximum absolute atomic E-state index is 12.1. The van der Waals surface area contributed by atoms with Crippen molar-refractivity contribution in [1.82, 2.24) is 10.3 Å². The number of nitrogens with zero attached hydrogens (tertiary/aromatic N) is 1. The number of carbonyl (C=O) groups is 1. The lowest BCUT2D eigenvalue weighted by atomic mass is 10.2. The second kappa shape index (κ2) is 9.71. The van der Waals surface area contributed by atoms with Gasteiger partial charge in [0.15, 0.2) is 9.84 Å². The number of halogens is 1. The molecule has 1 amide bonds. The van der Waals surface area contributed by atoms with Gasteiger partial charge in [-0.25, -0.2) is 13.4 Å². The van der Waals surface area contributed by atoms with Crippen molar-refractivity contribution in [3.63, 3.8) is 0 Å². The van der Waals surface area contributed by atoms with Gasteiger partial charge in [-0.05, 0) is 31.9 Å². The molecule has 27 heavy (non-hydrogen) atoms. The third kappa shape index (κ3) is 7.19. The standard InChI is InChI=1S/C19H23ClN2O4S/c1-14(2)26-19-17(20)11-16(12-22-19)18(23)21-9-6-10-27(24,25)13-15-7-4-3-5-8-15/h3-5,7-8,11-12,14H,6,9-10,13H2,1-2H3,(H,21,23). The highest BCUT2D eigenvalue weighted by Gasteiger charge is 2.14. The zero-order valence-corrected chi connectivity index (χ0v) is 16.9. The quantitative estimate of drug-likeness (QED) is 0.641. The molecule has 1 aromatic heterocycles. The molecule has 0 aliphatic rings. The van der Waals surface area contributed by atoms with Crippen molar-refractivity contribution in [2.45, 2.75) is 32.1 Å². The van der Waals surface area contributed by atoms with E-state index in [4.69, 9.17) is 16.3 Å². The SMILES string of the molecule is CC(C)Oc1ncc(C(=O)NCCCS(=O)(=O)Cc2ccccc2)cc1Cl. The Bertz CT molecular complexity index is 871. The zero-order chi connectivity index (χ0) is 19.9. The van der Waals surface area contributed by atoms with Gasteiger partial charge in [-0.15, -0.1) is 0 Å². The van der Waals surface area contributed by atoms with Gasteiger partial charge in [-0.2, -0.15) is 0 Å². The lowest BCUT2D eigenvalue weighted by Gasteiger charge is -2.11. The van der Waals surface area contributed by atoms with Crippen LogP contribution < -0.4 is 10.1 Å². The van der Waals surface area contributed by atoms with Crippen LogP contribution in [0.15, 0.2) is 42.6 Å². The van der Waals surface area contributed by atoms with Gasteiger partial charge in [0.05, 0.1) is 23.2 Å². The Morgan fingerprint density at radius 2 is 1.96 bits per heavy atom. The minimum atomic E-state index is -3.22. The highest BCUT2D eigenvalue weighted by Crippen LogP contribution is 2.23.